The molecule has 1 aliphatic rings. The van der Waals surface area contributed by atoms with Gasteiger partial charge in [-0.15, -0.1) is 0 Å². The summed E-state index contributed by atoms with van der Waals surface area (Å²) in [5.74, 6) is 0.590. The second-order valence-electron chi connectivity index (χ2n) is 5.67. The van der Waals surface area contributed by atoms with E-state index >= 15 is 0 Å². The molecule has 0 unspecified atom stereocenters. The molecule has 0 bridgehead atoms. The zero-order chi connectivity index (χ0) is 17.4. The molecule has 7 heteroatoms. The van der Waals surface area contributed by atoms with Crippen molar-refractivity contribution in [1.82, 2.24) is 10.1 Å². The van der Waals surface area contributed by atoms with E-state index in [1.54, 1.807) is 36.1 Å². The first kappa shape index (κ1) is 15.3. The first-order valence-electron chi connectivity index (χ1n) is 7.77. The molecule has 0 spiro atoms. The number of ether oxygens (including phenoxy) is 1. The smallest absolute Gasteiger partial charge is 0.268 e. The molecule has 3 aromatic rings. The number of carbonyl (C=O) groups is 1. The Balaban J connectivity index is 1.63. The lowest BCUT2D eigenvalue weighted by atomic mass is 10.2. The Hall–Kier alpha value is -3.22. The van der Waals surface area contributed by atoms with E-state index in [-0.39, 0.29) is 30.0 Å². The third-order valence-electron chi connectivity index (χ3n) is 3.92. The summed E-state index contributed by atoms with van der Waals surface area (Å²) in [7, 11) is 0. The van der Waals surface area contributed by atoms with E-state index in [4.69, 9.17) is 9.26 Å². The van der Waals surface area contributed by atoms with Gasteiger partial charge in [0.2, 0.25) is 11.7 Å². The van der Waals surface area contributed by atoms with Crippen LogP contribution < -0.4 is 9.64 Å². The van der Waals surface area contributed by atoms with Crippen LogP contribution in [0.1, 0.15) is 12.8 Å². The Morgan fingerprint density at radius 3 is 2.88 bits per heavy atom. The quantitative estimate of drug-likeness (QED) is 0.733. The molecule has 1 aliphatic heterocycles. The number of halogens is 1. The van der Waals surface area contributed by atoms with Crippen molar-refractivity contribution >= 4 is 11.6 Å². The third kappa shape index (κ3) is 2.84. The van der Waals surface area contributed by atoms with Crippen LogP contribution in [-0.4, -0.2) is 22.2 Å². The van der Waals surface area contributed by atoms with Gasteiger partial charge in [-0.2, -0.15) is 4.98 Å². The van der Waals surface area contributed by atoms with Crippen molar-refractivity contribution in [2.24, 2.45) is 0 Å². The Morgan fingerprint density at radius 2 is 2.04 bits per heavy atom. The van der Waals surface area contributed by atoms with Crippen molar-refractivity contribution in [1.29, 1.82) is 0 Å². The summed E-state index contributed by atoms with van der Waals surface area (Å²) in [4.78, 5) is 18.3. The SMILES string of the molecule is C[C@H]1Oc2ccccc2N(Cc2nc(-c3cccc(F)c3)no2)C1=O. The number of amides is 1. The van der Waals surface area contributed by atoms with Crippen molar-refractivity contribution in [2.75, 3.05) is 4.90 Å². The molecule has 0 radical (unpaired) electrons. The zero-order valence-corrected chi connectivity index (χ0v) is 13.3. The first-order valence-corrected chi connectivity index (χ1v) is 7.77. The maximum absolute atomic E-state index is 13.3. The van der Waals surface area contributed by atoms with Crippen LogP contribution in [0.3, 0.4) is 0 Å². The van der Waals surface area contributed by atoms with E-state index in [1.807, 2.05) is 12.1 Å². The van der Waals surface area contributed by atoms with Gasteiger partial charge in [0.1, 0.15) is 18.1 Å². The van der Waals surface area contributed by atoms with E-state index in [1.165, 1.54) is 12.1 Å². The van der Waals surface area contributed by atoms with Crippen LogP contribution in [0.25, 0.3) is 11.4 Å². The highest BCUT2D eigenvalue weighted by Gasteiger charge is 2.32. The Kier molecular flexibility index (Phi) is 3.68. The van der Waals surface area contributed by atoms with Gasteiger partial charge >= 0.3 is 0 Å². The van der Waals surface area contributed by atoms with Gasteiger partial charge in [-0.3, -0.25) is 9.69 Å². The zero-order valence-electron chi connectivity index (χ0n) is 13.3. The van der Waals surface area contributed by atoms with Crippen molar-refractivity contribution in [3.8, 4) is 17.1 Å². The fourth-order valence-electron chi connectivity index (χ4n) is 2.72. The molecule has 1 aromatic heterocycles. The number of anilines is 1. The Morgan fingerprint density at radius 1 is 1.20 bits per heavy atom. The molecule has 1 amide bonds. The van der Waals surface area contributed by atoms with Gasteiger partial charge in [0.15, 0.2) is 6.10 Å². The summed E-state index contributed by atoms with van der Waals surface area (Å²) in [5, 5.41) is 3.87. The molecule has 1 atom stereocenters. The fraction of sp³-hybridized carbons (Fsp3) is 0.167. The Bertz CT molecular complexity index is 941. The predicted octanol–water partition coefficient (Wildman–Crippen LogP) is 3.19. The van der Waals surface area contributed by atoms with E-state index in [0.29, 0.717) is 17.0 Å². The van der Waals surface area contributed by atoms with Crippen molar-refractivity contribution in [3.05, 3.63) is 60.2 Å². The minimum Gasteiger partial charge on any atom is -0.479 e. The topological polar surface area (TPSA) is 68.5 Å². The van der Waals surface area contributed by atoms with E-state index in [2.05, 4.69) is 10.1 Å². The molecule has 126 valence electrons. The summed E-state index contributed by atoms with van der Waals surface area (Å²) in [6.07, 6.45) is -0.597. The van der Waals surface area contributed by atoms with Crippen LogP contribution >= 0.6 is 0 Å². The van der Waals surface area contributed by atoms with Gasteiger partial charge in [-0.05, 0) is 31.2 Å². The summed E-state index contributed by atoms with van der Waals surface area (Å²) in [5.41, 5.74) is 1.16. The minimum atomic E-state index is -0.597. The normalized spacial score (nSPS) is 16.5. The fourth-order valence-corrected chi connectivity index (χ4v) is 2.72. The molecule has 0 N–H and O–H groups in total. The maximum Gasteiger partial charge on any atom is 0.268 e. The standard InChI is InChI=1S/C18H14FN3O3/c1-11-18(23)22(14-7-2-3-8-15(14)24-11)10-16-20-17(21-25-16)12-5-4-6-13(19)9-12/h2-9,11H,10H2,1H3/t11-/m1/s1. The lowest BCUT2D eigenvalue weighted by Crippen LogP contribution is -2.44. The summed E-state index contributed by atoms with van der Waals surface area (Å²) >= 11 is 0. The Labute approximate surface area is 142 Å². The molecule has 0 aliphatic carbocycles. The average Bonchev–Trinajstić information content (AvgIpc) is 3.08. The molecular formula is C18H14FN3O3. The van der Waals surface area contributed by atoms with Gasteiger partial charge in [-0.25, -0.2) is 4.39 Å². The summed E-state index contributed by atoms with van der Waals surface area (Å²) in [6, 6.07) is 13.2. The van der Waals surface area contributed by atoms with Crippen LogP contribution in [-0.2, 0) is 11.3 Å². The second-order valence-corrected chi connectivity index (χ2v) is 5.67. The average molecular weight is 339 g/mol. The number of hydrogen-bond donors (Lipinski definition) is 0. The van der Waals surface area contributed by atoms with Gasteiger partial charge in [0.25, 0.3) is 5.91 Å². The third-order valence-corrected chi connectivity index (χ3v) is 3.92. The monoisotopic (exact) mass is 339 g/mol. The number of para-hydroxylation sites is 2. The second kappa shape index (κ2) is 6.01. The molecule has 2 aromatic carbocycles. The molecule has 4 rings (SSSR count). The lowest BCUT2D eigenvalue weighted by molar-refractivity contribution is -0.125. The molecule has 2 heterocycles. The molecular weight excluding hydrogens is 325 g/mol. The molecule has 0 saturated heterocycles. The maximum atomic E-state index is 13.3. The van der Waals surface area contributed by atoms with Crippen molar-refractivity contribution in [3.63, 3.8) is 0 Å². The highest BCUT2D eigenvalue weighted by Crippen LogP contribution is 2.34. The summed E-state index contributed by atoms with van der Waals surface area (Å²) < 4.78 is 24.2. The number of benzene rings is 2. The minimum absolute atomic E-state index is 0.117. The first-order chi connectivity index (χ1) is 12.1. The number of aromatic nitrogens is 2. The number of rotatable bonds is 3. The van der Waals surface area contributed by atoms with Crippen LogP contribution in [0.15, 0.2) is 53.1 Å². The van der Waals surface area contributed by atoms with Gasteiger partial charge in [-0.1, -0.05) is 29.4 Å². The van der Waals surface area contributed by atoms with Crippen LogP contribution in [0.2, 0.25) is 0 Å². The van der Waals surface area contributed by atoms with Gasteiger partial charge in [0, 0.05) is 5.56 Å². The number of hydrogen-bond acceptors (Lipinski definition) is 5. The number of nitrogens with zero attached hydrogens (tertiary/aromatic N) is 3. The van der Waals surface area contributed by atoms with Crippen molar-refractivity contribution in [2.45, 2.75) is 19.6 Å². The van der Waals surface area contributed by atoms with E-state index in [9.17, 15) is 9.18 Å². The summed E-state index contributed by atoms with van der Waals surface area (Å²) in [6.45, 7) is 1.81. The van der Waals surface area contributed by atoms with Crippen LogP contribution in [0.4, 0.5) is 10.1 Å². The predicted molar refractivity (Wildman–Crippen MR) is 87.4 cm³/mol. The van der Waals surface area contributed by atoms with Crippen LogP contribution in [0.5, 0.6) is 5.75 Å². The molecule has 25 heavy (non-hydrogen) atoms. The number of fused-ring (bicyclic) bond motifs is 1. The number of carbonyl (C=O) groups excluding carboxylic acids is 1. The molecule has 0 fully saturated rings. The van der Waals surface area contributed by atoms with Crippen molar-refractivity contribution < 1.29 is 18.4 Å². The molecule has 6 nitrogen and oxygen atoms in total. The van der Waals surface area contributed by atoms with E-state index in [0.717, 1.165) is 0 Å². The highest BCUT2D eigenvalue weighted by atomic mass is 19.1. The van der Waals surface area contributed by atoms with Gasteiger partial charge < -0.3 is 9.26 Å². The van der Waals surface area contributed by atoms with E-state index < -0.39 is 6.10 Å². The molecule has 0 saturated carbocycles. The van der Waals surface area contributed by atoms with Crippen LogP contribution in [0, 0.1) is 5.82 Å². The van der Waals surface area contributed by atoms with Gasteiger partial charge in [0.05, 0.1) is 5.69 Å². The lowest BCUT2D eigenvalue weighted by Gasteiger charge is -2.31. The largest absolute Gasteiger partial charge is 0.479 e. The highest BCUT2D eigenvalue weighted by molar-refractivity contribution is 5.99.